The molecule has 10 nitrogen and oxygen atoms in total. The molecule has 1 aliphatic rings. The Kier molecular flexibility index (Phi) is 8.57. The molecule has 46 heavy (non-hydrogen) atoms. The molecule has 0 saturated carbocycles. The van der Waals surface area contributed by atoms with Crippen molar-refractivity contribution in [2.24, 2.45) is 0 Å². The summed E-state index contributed by atoms with van der Waals surface area (Å²) in [6.07, 6.45) is 3.48. The van der Waals surface area contributed by atoms with Crippen molar-refractivity contribution >= 4 is 34.8 Å². The summed E-state index contributed by atoms with van der Waals surface area (Å²) < 4.78 is 26.0. The number of amides is 2. The quantitative estimate of drug-likeness (QED) is 0.175. The van der Waals surface area contributed by atoms with Crippen LogP contribution in [-0.2, 0) is 16.0 Å². The van der Waals surface area contributed by atoms with E-state index in [1.807, 2.05) is 42.6 Å². The summed E-state index contributed by atoms with van der Waals surface area (Å²) in [4.78, 5) is 31.6. The summed E-state index contributed by atoms with van der Waals surface area (Å²) in [5.41, 5.74) is 5.51. The number of benzene rings is 3. The van der Waals surface area contributed by atoms with Crippen molar-refractivity contribution in [3.8, 4) is 16.9 Å². The molecule has 1 atom stereocenters. The molecule has 2 amide bonds. The van der Waals surface area contributed by atoms with Crippen molar-refractivity contribution in [3.63, 3.8) is 0 Å². The maximum Gasteiger partial charge on any atom is 0.258 e. The van der Waals surface area contributed by atoms with E-state index < -0.39 is 0 Å². The van der Waals surface area contributed by atoms with Crippen molar-refractivity contribution in [2.75, 3.05) is 30.9 Å². The van der Waals surface area contributed by atoms with Gasteiger partial charge in [-0.15, -0.1) is 11.7 Å². The number of ether oxygens (including phenoxy) is 2. The van der Waals surface area contributed by atoms with Gasteiger partial charge in [-0.25, -0.2) is 8.91 Å². The van der Waals surface area contributed by atoms with E-state index in [0.717, 1.165) is 16.7 Å². The number of halogens is 1. The molecular formula is C35H31FN6O4. The molecule has 3 heterocycles. The van der Waals surface area contributed by atoms with Crippen LogP contribution in [0.1, 0.15) is 15.9 Å². The van der Waals surface area contributed by atoms with Gasteiger partial charge in [-0.05, 0) is 65.7 Å². The smallest absolute Gasteiger partial charge is 0.258 e. The Labute approximate surface area is 264 Å². The third-order valence-electron chi connectivity index (χ3n) is 7.53. The standard InChI is InChI=1S/C35H31FN6O4/c1-4-17-46-31-21-41(22(31)2)34(44)25-9-15-29(30(19-25)45-3)38-35-39-32-16-10-26(20-42(32)40-35)24-7-13-28(14-8-24)37-33(43)18-23-5-11-27(36)12-6-23/h4-16,19-20,31H,1-2,17-18,21H2,3H3,(H,37,43)(H,38,40)/t31-/m1/s1. The van der Waals surface area contributed by atoms with Crippen LogP contribution in [0.15, 0.2) is 110 Å². The molecule has 0 bridgehead atoms. The van der Waals surface area contributed by atoms with Crippen LogP contribution in [0.2, 0.25) is 0 Å². The fraction of sp³-hybridized carbons (Fsp3) is 0.143. The average Bonchev–Trinajstić information content (AvgIpc) is 3.47. The number of methoxy groups -OCH3 is 1. The number of pyridine rings is 1. The molecule has 11 heteroatoms. The molecule has 232 valence electrons. The first-order valence-electron chi connectivity index (χ1n) is 14.5. The van der Waals surface area contributed by atoms with Crippen LogP contribution in [0.5, 0.6) is 5.75 Å². The second kappa shape index (κ2) is 13.0. The summed E-state index contributed by atoms with van der Waals surface area (Å²) >= 11 is 0. The maximum absolute atomic E-state index is 13.1. The number of nitrogens with one attached hydrogen (secondary N) is 2. The van der Waals surface area contributed by atoms with Gasteiger partial charge in [0.2, 0.25) is 11.9 Å². The van der Waals surface area contributed by atoms with E-state index in [2.05, 4.69) is 33.9 Å². The molecule has 0 radical (unpaired) electrons. The maximum atomic E-state index is 13.1. The largest absolute Gasteiger partial charge is 0.495 e. The molecule has 1 saturated heterocycles. The second-order valence-corrected chi connectivity index (χ2v) is 10.6. The number of carbonyl (C=O) groups is 2. The highest BCUT2D eigenvalue weighted by Crippen LogP contribution is 2.32. The first-order chi connectivity index (χ1) is 22.3. The fourth-order valence-electron chi connectivity index (χ4n) is 5.05. The molecule has 3 aromatic carbocycles. The van der Waals surface area contributed by atoms with E-state index in [-0.39, 0.29) is 30.2 Å². The SMILES string of the molecule is C=CCO[C@@H]1CN(C(=O)c2ccc(Nc3nc4ccc(-c5ccc(NC(=O)Cc6ccc(F)cc6)cc5)cn4n3)c(OC)c2)C1=C. The van der Waals surface area contributed by atoms with Gasteiger partial charge in [-0.3, -0.25) is 9.59 Å². The van der Waals surface area contributed by atoms with Gasteiger partial charge >= 0.3 is 0 Å². The Balaban J connectivity index is 1.11. The van der Waals surface area contributed by atoms with Crippen LogP contribution in [0, 0.1) is 5.82 Å². The summed E-state index contributed by atoms with van der Waals surface area (Å²) in [6, 6.07) is 22.2. The first-order valence-corrected chi connectivity index (χ1v) is 14.5. The van der Waals surface area contributed by atoms with Gasteiger partial charge in [0.15, 0.2) is 5.65 Å². The van der Waals surface area contributed by atoms with Gasteiger partial charge in [-0.1, -0.05) is 36.9 Å². The second-order valence-electron chi connectivity index (χ2n) is 10.6. The number of likely N-dealkylation sites (tertiary alicyclic amines) is 1. The molecule has 6 rings (SSSR count). The highest BCUT2D eigenvalue weighted by molar-refractivity contribution is 5.97. The fourth-order valence-corrected chi connectivity index (χ4v) is 5.05. The van der Waals surface area contributed by atoms with E-state index in [1.54, 1.807) is 45.8 Å². The number of rotatable bonds is 11. The Bertz CT molecular complexity index is 1940. The van der Waals surface area contributed by atoms with E-state index in [4.69, 9.17) is 9.47 Å². The normalized spacial score (nSPS) is 14.1. The van der Waals surface area contributed by atoms with Gasteiger partial charge in [0, 0.05) is 28.7 Å². The minimum absolute atomic E-state index is 0.150. The molecule has 5 aromatic rings. The Morgan fingerprint density at radius 2 is 1.80 bits per heavy atom. The first kappa shape index (κ1) is 30.2. The van der Waals surface area contributed by atoms with Crippen LogP contribution in [0.4, 0.5) is 21.7 Å². The lowest BCUT2D eigenvalue weighted by Crippen LogP contribution is -2.52. The number of carbonyl (C=O) groups excluding carboxylic acids is 2. The molecule has 2 aromatic heterocycles. The molecular weight excluding hydrogens is 587 g/mol. The zero-order chi connectivity index (χ0) is 32.2. The Hall–Kier alpha value is -5.81. The number of aromatic nitrogens is 3. The van der Waals surface area contributed by atoms with Gasteiger partial charge in [-0.2, -0.15) is 4.98 Å². The van der Waals surface area contributed by atoms with Gasteiger partial charge in [0.05, 0.1) is 32.4 Å². The molecule has 0 unspecified atom stereocenters. The van der Waals surface area contributed by atoms with E-state index >= 15 is 0 Å². The zero-order valence-electron chi connectivity index (χ0n) is 25.1. The van der Waals surface area contributed by atoms with Crippen LogP contribution < -0.4 is 15.4 Å². The van der Waals surface area contributed by atoms with Crippen LogP contribution in [0.25, 0.3) is 16.8 Å². The lowest BCUT2D eigenvalue weighted by Gasteiger charge is -2.41. The number of nitrogens with zero attached hydrogens (tertiary/aromatic N) is 4. The zero-order valence-corrected chi connectivity index (χ0v) is 25.1. The molecule has 0 aliphatic carbocycles. The van der Waals surface area contributed by atoms with E-state index in [1.165, 1.54) is 19.2 Å². The molecule has 0 spiro atoms. The predicted octanol–water partition coefficient (Wildman–Crippen LogP) is 6.01. The monoisotopic (exact) mass is 618 g/mol. The summed E-state index contributed by atoms with van der Waals surface area (Å²) in [5, 5.41) is 10.6. The van der Waals surface area contributed by atoms with Crippen molar-refractivity contribution in [2.45, 2.75) is 12.5 Å². The third kappa shape index (κ3) is 6.49. The van der Waals surface area contributed by atoms with Gasteiger partial charge in [0.25, 0.3) is 5.91 Å². The third-order valence-corrected chi connectivity index (χ3v) is 7.53. The van der Waals surface area contributed by atoms with Crippen molar-refractivity contribution in [3.05, 3.63) is 127 Å². The highest BCUT2D eigenvalue weighted by atomic mass is 19.1. The minimum atomic E-state index is -0.337. The van der Waals surface area contributed by atoms with Gasteiger partial charge < -0.3 is 25.0 Å². The van der Waals surface area contributed by atoms with Gasteiger partial charge in [0.1, 0.15) is 17.7 Å². The topological polar surface area (TPSA) is 110 Å². The number of hydrogen-bond donors (Lipinski definition) is 2. The number of hydrogen-bond acceptors (Lipinski definition) is 7. The summed E-state index contributed by atoms with van der Waals surface area (Å²) in [7, 11) is 1.53. The molecule has 2 N–H and O–H groups in total. The summed E-state index contributed by atoms with van der Waals surface area (Å²) in [6.45, 7) is 8.44. The predicted molar refractivity (Wildman–Crippen MR) is 174 cm³/mol. The van der Waals surface area contributed by atoms with Crippen LogP contribution in [0.3, 0.4) is 0 Å². The number of fused-ring (bicyclic) bond motifs is 1. The minimum Gasteiger partial charge on any atom is -0.495 e. The van der Waals surface area contributed by atoms with Crippen LogP contribution >= 0.6 is 0 Å². The van der Waals surface area contributed by atoms with Crippen LogP contribution in [-0.4, -0.2) is 57.7 Å². The lowest BCUT2D eigenvalue weighted by molar-refractivity contribution is -0.115. The summed E-state index contributed by atoms with van der Waals surface area (Å²) in [5.74, 6) is 0.0993. The highest BCUT2D eigenvalue weighted by Gasteiger charge is 2.36. The number of anilines is 3. The van der Waals surface area contributed by atoms with E-state index in [0.29, 0.717) is 53.1 Å². The molecule has 1 aliphatic heterocycles. The van der Waals surface area contributed by atoms with Crippen molar-refractivity contribution in [1.82, 2.24) is 19.5 Å². The lowest BCUT2D eigenvalue weighted by atomic mass is 10.0. The van der Waals surface area contributed by atoms with Crippen molar-refractivity contribution < 1.29 is 23.5 Å². The Morgan fingerprint density at radius 3 is 2.52 bits per heavy atom. The van der Waals surface area contributed by atoms with E-state index in [9.17, 15) is 14.0 Å². The Morgan fingerprint density at radius 1 is 1.04 bits per heavy atom. The average molecular weight is 619 g/mol. The van der Waals surface area contributed by atoms with Crippen molar-refractivity contribution in [1.29, 1.82) is 0 Å². The molecule has 1 fully saturated rings.